The number of pyridine rings is 1. The van der Waals surface area contributed by atoms with Crippen LogP contribution in [0.5, 0.6) is 0 Å². The second-order valence-electron chi connectivity index (χ2n) is 7.13. The molecule has 0 spiro atoms. The SMILES string of the molecule is N#Cc1c2c(c(NCCc3ccccc3)[n+]3c1[nH]c1ccccc13)CCC2. The average Bonchev–Trinajstić information content (AvgIpc) is 3.33. The predicted octanol–water partition coefficient (Wildman–Crippen LogP) is 3.92. The maximum absolute atomic E-state index is 9.84. The first kappa shape index (κ1) is 15.9. The Morgan fingerprint density at radius 3 is 2.63 bits per heavy atom. The molecular weight excluding hydrogens is 332 g/mol. The fourth-order valence-corrected chi connectivity index (χ4v) is 4.32. The van der Waals surface area contributed by atoms with Gasteiger partial charge in [-0.15, -0.1) is 0 Å². The normalized spacial score (nSPS) is 13.0. The van der Waals surface area contributed by atoms with Gasteiger partial charge in [-0.1, -0.05) is 42.5 Å². The highest BCUT2D eigenvalue weighted by Gasteiger charge is 2.29. The maximum Gasteiger partial charge on any atom is 0.250 e. The van der Waals surface area contributed by atoms with Crippen LogP contribution >= 0.6 is 0 Å². The van der Waals surface area contributed by atoms with Crippen LogP contribution < -0.4 is 9.72 Å². The van der Waals surface area contributed by atoms with E-state index in [0.29, 0.717) is 0 Å². The Hall–Kier alpha value is -3.32. The Morgan fingerprint density at radius 1 is 1.00 bits per heavy atom. The Kier molecular flexibility index (Phi) is 3.79. The van der Waals surface area contributed by atoms with Crippen LogP contribution in [0, 0.1) is 11.3 Å². The number of imidazole rings is 1. The molecule has 5 rings (SSSR count). The third kappa shape index (κ3) is 2.55. The number of rotatable bonds is 4. The number of benzene rings is 2. The van der Waals surface area contributed by atoms with Crippen LogP contribution in [0.4, 0.5) is 5.82 Å². The molecule has 27 heavy (non-hydrogen) atoms. The number of para-hydroxylation sites is 2. The van der Waals surface area contributed by atoms with Crippen molar-refractivity contribution in [3.63, 3.8) is 0 Å². The van der Waals surface area contributed by atoms with Crippen LogP contribution in [0.3, 0.4) is 0 Å². The molecule has 0 atom stereocenters. The summed E-state index contributed by atoms with van der Waals surface area (Å²) in [6.45, 7) is 0.865. The molecule has 0 saturated heterocycles. The number of nitrogens with one attached hydrogen (secondary N) is 2. The Balaban J connectivity index is 1.65. The van der Waals surface area contributed by atoms with Crippen LogP contribution in [-0.2, 0) is 19.3 Å². The molecule has 0 fully saturated rings. The van der Waals surface area contributed by atoms with Gasteiger partial charge in [0, 0.05) is 12.0 Å². The summed E-state index contributed by atoms with van der Waals surface area (Å²) in [7, 11) is 0. The van der Waals surface area contributed by atoms with Gasteiger partial charge in [0.1, 0.15) is 22.7 Å². The summed E-state index contributed by atoms with van der Waals surface area (Å²) in [6, 6.07) is 21.3. The predicted molar refractivity (Wildman–Crippen MR) is 107 cm³/mol. The molecule has 0 radical (unpaired) electrons. The zero-order valence-corrected chi connectivity index (χ0v) is 15.1. The molecule has 1 aliphatic rings. The number of hydrogen-bond donors (Lipinski definition) is 2. The van der Waals surface area contributed by atoms with Crippen LogP contribution in [-0.4, -0.2) is 11.5 Å². The van der Waals surface area contributed by atoms with Gasteiger partial charge in [0.2, 0.25) is 11.5 Å². The lowest BCUT2D eigenvalue weighted by Gasteiger charge is -2.11. The summed E-state index contributed by atoms with van der Waals surface area (Å²) in [6.07, 6.45) is 4.10. The minimum Gasteiger partial charge on any atom is -0.305 e. The van der Waals surface area contributed by atoms with E-state index in [2.05, 4.69) is 69.3 Å². The zero-order chi connectivity index (χ0) is 18.2. The molecule has 0 amide bonds. The van der Waals surface area contributed by atoms with Crippen LogP contribution in [0.25, 0.3) is 16.7 Å². The van der Waals surface area contributed by atoms with Crippen molar-refractivity contribution < 1.29 is 4.40 Å². The first-order chi connectivity index (χ1) is 13.4. The number of anilines is 1. The lowest BCUT2D eigenvalue weighted by atomic mass is 10.1. The number of nitriles is 1. The van der Waals surface area contributed by atoms with Crippen molar-refractivity contribution in [1.82, 2.24) is 4.98 Å². The maximum atomic E-state index is 9.84. The Labute approximate surface area is 158 Å². The van der Waals surface area contributed by atoms with E-state index in [-0.39, 0.29) is 0 Å². The summed E-state index contributed by atoms with van der Waals surface area (Å²) in [5.74, 6) is 1.14. The quantitative estimate of drug-likeness (QED) is 0.546. The molecule has 2 aromatic heterocycles. The van der Waals surface area contributed by atoms with E-state index in [9.17, 15) is 5.26 Å². The number of nitrogens with zero attached hydrogens (tertiary/aromatic N) is 2. The van der Waals surface area contributed by atoms with Gasteiger partial charge in [0.15, 0.2) is 0 Å². The third-order valence-electron chi connectivity index (χ3n) is 5.55. The highest BCUT2D eigenvalue weighted by atomic mass is 15.1. The van der Waals surface area contributed by atoms with E-state index in [1.54, 1.807) is 0 Å². The molecule has 0 aliphatic heterocycles. The molecule has 0 saturated carbocycles. The van der Waals surface area contributed by atoms with Gasteiger partial charge in [-0.25, -0.2) is 0 Å². The molecule has 2 aromatic carbocycles. The minimum atomic E-state index is 0.798. The highest BCUT2D eigenvalue weighted by molar-refractivity contribution is 5.78. The number of H-pyrrole nitrogens is 1. The third-order valence-corrected chi connectivity index (χ3v) is 5.55. The summed E-state index contributed by atoms with van der Waals surface area (Å²) in [5, 5.41) is 13.5. The van der Waals surface area contributed by atoms with Gasteiger partial charge in [0.05, 0.1) is 6.54 Å². The molecule has 4 heteroatoms. The molecule has 2 heterocycles. The Bertz CT molecular complexity index is 1180. The van der Waals surface area contributed by atoms with Gasteiger partial charge in [-0.2, -0.15) is 9.66 Å². The number of hydrogen-bond acceptors (Lipinski definition) is 2. The smallest absolute Gasteiger partial charge is 0.250 e. The topological polar surface area (TPSA) is 55.7 Å². The van der Waals surface area contributed by atoms with E-state index >= 15 is 0 Å². The van der Waals surface area contributed by atoms with E-state index < -0.39 is 0 Å². The van der Waals surface area contributed by atoms with E-state index in [1.807, 2.05) is 6.07 Å². The van der Waals surface area contributed by atoms with Crippen LogP contribution in [0.15, 0.2) is 54.6 Å². The van der Waals surface area contributed by atoms with E-state index in [1.165, 1.54) is 16.7 Å². The van der Waals surface area contributed by atoms with Gasteiger partial charge >= 0.3 is 0 Å². The average molecular weight is 353 g/mol. The molecule has 1 aliphatic carbocycles. The lowest BCUT2D eigenvalue weighted by molar-refractivity contribution is -0.465. The summed E-state index contributed by atoms with van der Waals surface area (Å²) in [5.41, 5.74) is 7.72. The molecule has 0 bridgehead atoms. The standard InChI is InChI=1S/C23H20N4/c24-15-19-17-9-6-10-18(17)22(25-14-13-16-7-2-1-3-8-16)27-21-12-5-4-11-20(21)26-23(19)27/h1-5,7-8,11-12H,6,9-10,13-14H2,(H,25,26)/p+1. The van der Waals surface area contributed by atoms with Crippen LogP contribution in [0.1, 0.15) is 28.7 Å². The summed E-state index contributed by atoms with van der Waals surface area (Å²) < 4.78 is 2.21. The summed E-state index contributed by atoms with van der Waals surface area (Å²) in [4.78, 5) is 3.48. The fourth-order valence-electron chi connectivity index (χ4n) is 4.32. The van der Waals surface area contributed by atoms with Crippen molar-refractivity contribution in [2.45, 2.75) is 25.7 Å². The molecule has 0 unspecified atom stereocenters. The monoisotopic (exact) mass is 353 g/mol. The largest absolute Gasteiger partial charge is 0.305 e. The van der Waals surface area contributed by atoms with Gasteiger partial charge in [0.25, 0.3) is 0 Å². The Morgan fingerprint density at radius 2 is 1.78 bits per heavy atom. The fraction of sp³-hybridized carbons (Fsp3) is 0.217. The molecule has 132 valence electrons. The molecular formula is C23H21N4+. The van der Waals surface area contributed by atoms with Crippen molar-refractivity contribution >= 4 is 22.5 Å². The number of fused-ring (bicyclic) bond motifs is 4. The first-order valence-corrected chi connectivity index (χ1v) is 9.55. The van der Waals surface area contributed by atoms with Crippen molar-refractivity contribution in [2.75, 3.05) is 11.9 Å². The van der Waals surface area contributed by atoms with Crippen molar-refractivity contribution in [3.8, 4) is 6.07 Å². The van der Waals surface area contributed by atoms with Crippen molar-refractivity contribution in [1.29, 1.82) is 5.26 Å². The van der Waals surface area contributed by atoms with Gasteiger partial charge < -0.3 is 5.32 Å². The number of aromatic amines is 1. The van der Waals surface area contributed by atoms with E-state index in [0.717, 1.165) is 60.3 Å². The minimum absolute atomic E-state index is 0.798. The zero-order valence-electron chi connectivity index (χ0n) is 15.1. The highest BCUT2D eigenvalue weighted by Crippen LogP contribution is 2.32. The van der Waals surface area contributed by atoms with Crippen LogP contribution in [0.2, 0.25) is 0 Å². The second-order valence-corrected chi connectivity index (χ2v) is 7.13. The molecule has 2 N–H and O–H groups in total. The van der Waals surface area contributed by atoms with Gasteiger partial charge in [-0.3, -0.25) is 4.98 Å². The number of aromatic nitrogens is 2. The van der Waals surface area contributed by atoms with Crippen molar-refractivity contribution in [2.24, 2.45) is 0 Å². The summed E-state index contributed by atoms with van der Waals surface area (Å²) >= 11 is 0. The first-order valence-electron chi connectivity index (χ1n) is 9.55. The molecule has 4 nitrogen and oxygen atoms in total. The van der Waals surface area contributed by atoms with E-state index in [4.69, 9.17) is 0 Å². The van der Waals surface area contributed by atoms with Crippen molar-refractivity contribution in [3.05, 3.63) is 76.9 Å². The molecule has 4 aromatic rings. The second kappa shape index (κ2) is 6.44. The lowest BCUT2D eigenvalue weighted by Crippen LogP contribution is -2.30. The van der Waals surface area contributed by atoms with Gasteiger partial charge in [-0.05, 0) is 42.5 Å².